The van der Waals surface area contributed by atoms with Gasteiger partial charge in [0.25, 0.3) is 0 Å². The molecule has 0 amide bonds. The zero-order valence-electron chi connectivity index (χ0n) is 15.3. The molecule has 0 atom stereocenters. The Bertz CT molecular complexity index is 1070. The largest absolute Gasteiger partial charge is 0.507 e. The third-order valence-electron chi connectivity index (χ3n) is 5.80. The first-order valence-electron chi connectivity index (χ1n) is 9.66. The number of benzene rings is 3. The number of nitrogen functional groups attached to an aromatic ring is 1. The number of aryl methyl sites for hydroxylation is 1. The molecule has 0 bridgehead atoms. The van der Waals surface area contributed by atoms with Crippen LogP contribution in [0.4, 0.5) is 17.1 Å². The molecule has 2 aliphatic rings. The van der Waals surface area contributed by atoms with Crippen LogP contribution in [0.2, 0.25) is 0 Å². The smallest absolute Gasteiger partial charge is 0.129 e. The van der Waals surface area contributed by atoms with Crippen molar-refractivity contribution in [2.24, 2.45) is 4.99 Å². The van der Waals surface area contributed by atoms with Gasteiger partial charge in [0.05, 0.1) is 5.69 Å². The van der Waals surface area contributed by atoms with E-state index in [0.717, 1.165) is 65.6 Å². The van der Waals surface area contributed by atoms with Crippen LogP contribution in [-0.4, -0.2) is 24.4 Å². The molecule has 4 heteroatoms. The molecule has 5 rings (SSSR count). The Balaban J connectivity index is 1.60. The average Bonchev–Trinajstić information content (AvgIpc) is 2.71. The van der Waals surface area contributed by atoms with E-state index in [0.29, 0.717) is 5.75 Å². The lowest BCUT2D eigenvalue weighted by Crippen LogP contribution is -2.34. The quantitative estimate of drug-likeness (QED) is 0.521. The van der Waals surface area contributed by atoms with Gasteiger partial charge in [0.15, 0.2) is 0 Å². The van der Waals surface area contributed by atoms with Gasteiger partial charge in [-0.05, 0) is 49.4 Å². The number of phenolic OH excluding ortho intramolecular Hbond substituents is 1. The predicted molar refractivity (Wildman–Crippen MR) is 113 cm³/mol. The number of aliphatic imine (C=N–C) groups is 1. The summed E-state index contributed by atoms with van der Waals surface area (Å²) in [6, 6.07) is 14.0. The van der Waals surface area contributed by atoms with E-state index in [1.807, 2.05) is 36.4 Å². The first-order chi connectivity index (χ1) is 13.2. The third-order valence-corrected chi connectivity index (χ3v) is 5.80. The second kappa shape index (κ2) is 6.31. The van der Waals surface area contributed by atoms with Gasteiger partial charge in [0, 0.05) is 52.6 Å². The number of rotatable bonds is 2. The summed E-state index contributed by atoms with van der Waals surface area (Å²) in [6.07, 6.45) is 6.10. The summed E-state index contributed by atoms with van der Waals surface area (Å²) in [5.41, 5.74) is 12.3. The van der Waals surface area contributed by atoms with Gasteiger partial charge in [-0.15, -0.1) is 0 Å². The number of nitrogens with zero attached hydrogens (tertiary/aromatic N) is 2. The number of fused-ring (bicyclic) bond motifs is 1. The molecule has 0 saturated heterocycles. The molecular weight excluding hydrogens is 334 g/mol. The van der Waals surface area contributed by atoms with Crippen LogP contribution >= 0.6 is 0 Å². The lowest BCUT2D eigenvalue weighted by Gasteiger charge is -2.37. The minimum atomic E-state index is 0.392. The molecule has 27 heavy (non-hydrogen) atoms. The lowest BCUT2D eigenvalue weighted by molar-refractivity contribution is 0.461. The highest BCUT2D eigenvalue weighted by Crippen LogP contribution is 2.41. The second-order valence-electron chi connectivity index (χ2n) is 7.47. The summed E-state index contributed by atoms with van der Waals surface area (Å²) in [7, 11) is 0. The van der Waals surface area contributed by atoms with Gasteiger partial charge in [0.1, 0.15) is 5.75 Å². The van der Waals surface area contributed by atoms with E-state index in [1.54, 1.807) is 6.21 Å². The van der Waals surface area contributed by atoms with Crippen LogP contribution < -0.4 is 10.6 Å². The highest BCUT2D eigenvalue weighted by Gasteiger charge is 2.27. The summed E-state index contributed by atoms with van der Waals surface area (Å²) in [4.78, 5) is 7.15. The van der Waals surface area contributed by atoms with E-state index in [4.69, 9.17) is 10.7 Å². The Labute approximate surface area is 159 Å². The monoisotopic (exact) mass is 357 g/mol. The van der Waals surface area contributed by atoms with E-state index < -0.39 is 0 Å². The van der Waals surface area contributed by atoms with Crippen molar-refractivity contribution in [1.29, 1.82) is 0 Å². The van der Waals surface area contributed by atoms with Crippen LogP contribution in [-0.2, 0) is 12.8 Å². The molecule has 0 fully saturated rings. The van der Waals surface area contributed by atoms with Gasteiger partial charge in [-0.25, -0.2) is 0 Å². The van der Waals surface area contributed by atoms with Crippen molar-refractivity contribution in [1.82, 2.24) is 0 Å². The van der Waals surface area contributed by atoms with Crippen molar-refractivity contribution in [3.63, 3.8) is 0 Å². The molecule has 0 spiro atoms. The fourth-order valence-corrected chi connectivity index (χ4v) is 4.52. The summed E-state index contributed by atoms with van der Waals surface area (Å²) >= 11 is 0. The topological polar surface area (TPSA) is 61.9 Å². The van der Waals surface area contributed by atoms with E-state index in [1.165, 1.54) is 17.7 Å². The Morgan fingerprint density at radius 2 is 1.78 bits per heavy atom. The van der Waals surface area contributed by atoms with Crippen molar-refractivity contribution in [3.8, 4) is 5.75 Å². The SMILES string of the molecule is Nc1ccc(N=Cc2cc3c4c(c2O)CCCN4CCC3)c2ccccc12. The molecule has 0 unspecified atom stereocenters. The maximum absolute atomic E-state index is 10.9. The Hall–Kier alpha value is -3.01. The van der Waals surface area contributed by atoms with Gasteiger partial charge in [-0.2, -0.15) is 0 Å². The Morgan fingerprint density at radius 3 is 2.63 bits per heavy atom. The zero-order valence-corrected chi connectivity index (χ0v) is 15.3. The van der Waals surface area contributed by atoms with E-state index in [9.17, 15) is 5.11 Å². The fourth-order valence-electron chi connectivity index (χ4n) is 4.52. The van der Waals surface area contributed by atoms with Crippen molar-refractivity contribution >= 4 is 34.0 Å². The van der Waals surface area contributed by atoms with Crippen LogP contribution in [0.15, 0.2) is 47.5 Å². The van der Waals surface area contributed by atoms with Gasteiger partial charge >= 0.3 is 0 Å². The van der Waals surface area contributed by atoms with Crippen molar-refractivity contribution < 1.29 is 5.11 Å². The first kappa shape index (κ1) is 16.2. The molecule has 2 aliphatic heterocycles. The predicted octanol–water partition coefficient (Wildman–Crippen LogP) is 4.58. The molecule has 3 aromatic carbocycles. The first-order valence-corrected chi connectivity index (χ1v) is 9.66. The molecule has 4 nitrogen and oxygen atoms in total. The van der Waals surface area contributed by atoms with Crippen LogP contribution in [0.25, 0.3) is 10.8 Å². The summed E-state index contributed by atoms with van der Waals surface area (Å²) in [5.74, 6) is 0.392. The average molecular weight is 357 g/mol. The number of nitrogens with two attached hydrogens (primary N) is 1. The molecule has 0 radical (unpaired) electrons. The van der Waals surface area contributed by atoms with Crippen molar-refractivity contribution in [3.05, 3.63) is 59.2 Å². The van der Waals surface area contributed by atoms with E-state index in [-0.39, 0.29) is 0 Å². The van der Waals surface area contributed by atoms with Crippen LogP contribution in [0.3, 0.4) is 0 Å². The minimum Gasteiger partial charge on any atom is -0.507 e. The fraction of sp³-hybridized carbons (Fsp3) is 0.261. The normalized spacial score (nSPS) is 16.1. The summed E-state index contributed by atoms with van der Waals surface area (Å²) < 4.78 is 0. The molecule has 0 aromatic heterocycles. The van der Waals surface area contributed by atoms with E-state index in [2.05, 4.69) is 11.0 Å². The van der Waals surface area contributed by atoms with Crippen LogP contribution in [0, 0.1) is 0 Å². The highest BCUT2D eigenvalue weighted by molar-refractivity contribution is 6.02. The number of hydrogen-bond donors (Lipinski definition) is 2. The van der Waals surface area contributed by atoms with Gasteiger partial charge in [-0.1, -0.05) is 24.3 Å². The standard InChI is InChI=1S/C23H23N3O/c24-20-9-10-21(18-7-2-1-6-17(18)20)25-14-16-13-15-5-3-11-26-12-4-8-19(22(15)26)23(16)27/h1-2,6-7,9-10,13-14,27H,3-5,8,11-12,24H2. The molecule has 0 saturated carbocycles. The van der Waals surface area contributed by atoms with Crippen molar-refractivity contribution in [2.45, 2.75) is 25.7 Å². The van der Waals surface area contributed by atoms with Crippen molar-refractivity contribution in [2.75, 3.05) is 23.7 Å². The lowest BCUT2D eigenvalue weighted by atomic mass is 9.89. The van der Waals surface area contributed by atoms with Gasteiger partial charge < -0.3 is 15.7 Å². The molecule has 0 aliphatic carbocycles. The van der Waals surface area contributed by atoms with Gasteiger partial charge in [-0.3, -0.25) is 4.99 Å². The molecule has 2 heterocycles. The minimum absolute atomic E-state index is 0.392. The van der Waals surface area contributed by atoms with E-state index >= 15 is 0 Å². The molecular formula is C23H23N3O. The number of phenols is 1. The highest BCUT2D eigenvalue weighted by atomic mass is 16.3. The van der Waals surface area contributed by atoms with Gasteiger partial charge in [0.2, 0.25) is 0 Å². The van der Waals surface area contributed by atoms with Crippen LogP contribution in [0.5, 0.6) is 5.75 Å². The Morgan fingerprint density at radius 1 is 1.00 bits per heavy atom. The maximum atomic E-state index is 10.9. The number of anilines is 2. The third kappa shape index (κ3) is 2.64. The molecule has 3 N–H and O–H groups in total. The molecule has 136 valence electrons. The summed E-state index contributed by atoms with van der Waals surface area (Å²) in [6.45, 7) is 2.20. The second-order valence-corrected chi connectivity index (χ2v) is 7.47. The zero-order chi connectivity index (χ0) is 18.4. The molecule has 3 aromatic rings. The summed E-state index contributed by atoms with van der Waals surface area (Å²) in [5, 5.41) is 12.9. The Kier molecular flexibility index (Phi) is 3.78. The maximum Gasteiger partial charge on any atom is 0.129 e. The van der Waals surface area contributed by atoms with Crippen LogP contribution in [0.1, 0.15) is 29.5 Å². The number of hydrogen-bond acceptors (Lipinski definition) is 4. The number of aromatic hydroxyl groups is 1.